The number of benzene rings is 1. The Balaban J connectivity index is 2.85. The van der Waals surface area contributed by atoms with Crippen LogP contribution in [0.15, 0.2) is 18.2 Å². The lowest BCUT2D eigenvalue weighted by atomic mass is 10.1. The third-order valence-electron chi connectivity index (χ3n) is 2.78. The molecular formula is C16H22FN3O. The first-order valence-electron chi connectivity index (χ1n) is 6.90. The minimum Gasteiger partial charge on any atom is -0.369 e. The highest BCUT2D eigenvalue weighted by molar-refractivity contribution is 5.75. The Bertz CT molecular complexity index is 546. The van der Waals surface area contributed by atoms with Gasteiger partial charge in [-0.2, -0.15) is 0 Å². The molecule has 0 aromatic heterocycles. The summed E-state index contributed by atoms with van der Waals surface area (Å²) in [6.07, 6.45) is 0. The number of halogens is 1. The Morgan fingerprint density at radius 2 is 2.14 bits per heavy atom. The maximum Gasteiger partial charge on any atom is 0.231 e. The van der Waals surface area contributed by atoms with Crippen molar-refractivity contribution in [2.45, 2.75) is 20.4 Å². The van der Waals surface area contributed by atoms with Crippen LogP contribution in [-0.4, -0.2) is 30.4 Å². The van der Waals surface area contributed by atoms with E-state index in [2.05, 4.69) is 11.8 Å². The third-order valence-corrected chi connectivity index (χ3v) is 2.78. The quantitative estimate of drug-likeness (QED) is 0.770. The number of carbonyl (C=O) groups is 1. The second-order valence-electron chi connectivity index (χ2n) is 5.34. The Morgan fingerprint density at radius 3 is 2.67 bits per heavy atom. The smallest absolute Gasteiger partial charge is 0.231 e. The number of rotatable bonds is 6. The molecule has 0 saturated carbocycles. The van der Waals surface area contributed by atoms with E-state index in [9.17, 15) is 9.18 Å². The maximum atomic E-state index is 14.1. The maximum absolute atomic E-state index is 14.1. The third kappa shape index (κ3) is 6.39. The average Bonchev–Trinajstić information content (AvgIpc) is 2.37. The van der Waals surface area contributed by atoms with Crippen LogP contribution in [0.25, 0.3) is 0 Å². The molecule has 114 valence electrons. The molecule has 0 aliphatic rings. The number of carbonyl (C=O) groups excluding carboxylic acids is 1. The first kappa shape index (κ1) is 17.2. The largest absolute Gasteiger partial charge is 0.369 e. The molecule has 21 heavy (non-hydrogen) atoms. The van der Waals surface area contributed by atoms with Crippen molar-refractivity contribution < 1.29 is 9.18 Å². The zero-order chi connectivity index (χ0) is 15.8. The topological polar surface area (TPSA) is 72.3 Å². The molecule has 4 nitrogen and oxygen atoms in total. The molecule has 5 heteroatoms. The summed E-state index contributed by atoms with van der Waals surface area (Å²) in [5, 5.41) is 0. The predicted molar refractivity (Wildman–Crippen MR) is 81.6 cm³/mol. The van der Waals surface area contributed by atoms with Crippen LogP contribution < -0.4 is 11.5 Å². The van der Waals surface area contributed by atoms with Gasteiger partial charge in [0.15, 0.2) is 0 Å². The molecule has 1 aromatic carbocycles. The minimum atomic E-state index is -0.415. The van der Waals surface area contributed by atoms with Crippen molar-refractivity contribution in [2.75, 3.05) is 19.6 Å². The summed E-state index contributed by atoms with van der Waals surface area (Å²) in [5.74, 6) is 5.08. The van der Waals surface area contributed by atoms with Crippen LogP contribution in [0.1, 0.15) is 25.0 Å². The van der Waals surface area contributed by atoms with Gasteiger partial charge in [-0.25, -0.2) is 4.39 Å². The molecule has 0 aliphatic heterocycles. The van der Waals surface area contributed by atoms with Crippen LogP contribution in [0.5, 0.6) is 0 Å². The van der Waals surface area contributed by atoms with Gasteiger partial charge in [0.25, 0.3) is 0 Å². The van der Waals surface area contributed by atoms with Crippen LogP contribution >= 0.6 is 0 Å². The molecule has 0 bridgehead atoms. The number of nitrogens with two attached hydrogens (primary N) is 2. The van der Waals surface area contributed by atoms with Crippen molar-refractivity contribution in [2.24, 2.45) is 17.4 Å². The lowest BCUT2D eigenvalue weighted by Crippen LogP contribution is -2.36. The Labute approximate surface area is 125 Å². The van der Waals surface area contributed by atoms with Crippen molar-refractivity contribution >= 4 is 5.91 Å². The van der Waals surface area contributed by atoms with Crippen LogP contribution in [-0.2, 0) is 11.3 Å². The van der Waals surface area contributed by atoms with Gasteiger partial charge in [0.05, 0.1) is 13.1 Å². The normalized spacial score (nSPS) is 10.6. The van der Waals surface area contributed by atoms with Crippen LogP contribution in [0, 0.1) is 23.6 Å². The summed E-state index contributed by atoms with van der Waals surface area (Å²) in [5.41, 5.74) is 11.6. The molecule has 1 rings (SSSR count). The molecule has 0 heterocycles. The highest BCUT2D eigenvalue weighted by atomic mass is 19.1. The van der Waals surface area contributed by atoms with Crippen molar-refractivity contribution in [3.63, 3.8) is 0 Å². The van der Waals surface area contributed by atoms with E-state index in [1.165, 1.54) is 6.07 Å². The summed E-state index contributed by atoms with van der Waals surface area (Å²) in [6, 6.07) is 4.82. The number of amides is 1. The average molecular weight is 291 g/mol. The van der Waals surface area contributed by atoms with Crippen LogP contribution in [0.3, 0.4) is 0 Å². The fraction of sp³-hybridized carbons (Fsp3) is 0.438. The fourth-order valence-corrected chi connectivity index (χ4v) is 2.07. The Morgan fingerprint density at radius 1 is 1.43 bits per heavy atom. The summed E-state index contributed by atoms with van der Waals surface area (Å²) >= 11 is 0. The van der Waals surface area contributed by atoms with E-state index < -0.39 is 5.91 Å². The van der Waals surface area contributed by atoms with Gasteiger partial charge in [-0.05, 0) is 18.1 Å². The molecule has 1 amide bonds. The van der Waals surface area contributed by atoms with E-state index in [0.29, 0.717) is 30.1 Å². The molecular weight excluding hydrogens is 269 g/mol. The summed E-state index contributed by atoms with van der Waals surface area (Å²) < 4.78 is 14.1. The molecule has 0 aliphatic carbocycles. The molecule has 1 aromatic rings. The standard InChI is InChI=1S/C16H22FN3O/c1-12(2)9-20(11-16(19)21)10-14-6-5-13(4-3-7-18)8-15(14)17/h5-6,8,12H,7,9-11,18H2,1-2H3,(H2,19,21). The van der Waals surface area contributed by atoms with Crippen molar-refractivity contribution in [3.8, 4) is 11.8 Å². The number of nitrogens with zero attached hydrogens (tertiary/aromatic N) is 1. The van der Waals surface area contributed by atoms with Gasteiger partial charge in [-0.3, -0.25) is 9.69 Å². The van der Waals surface area contributed by atoms with E-state index in [0.717, 1.165) is 0 Å². The first-order valence-corrected chi connectivity index (χ1v) is 6.90. The predicted octanol–water partition coefficient (Wildman–Crippen LogP) is 1.08. The van der Waals surface area contributed by atoms with Gasteiger partial charge in [0, 0.05) is 24.2 Å². The van der Waals surface area contributed by atoms with Gasteiger partial charge in [0.1, 0.15) is 5.82 Å². The SMILES string of the molecule is CC(C)CN(CC(N)=O)Cc1ccc(C#CCN)cc1F. The molecule has 4 N–H and O–H groups in total. The van der Waals surface area contributed by atoms with Crippen molar-refractivity contribution in [1.82, 2.24) is 4.90 Å². The molecule has 0 unspecified atom stereocenters. The zero-order valence-electron chi connectivity index (χ0n) is 12.5. The first-order chi connectivity index (χ1) is 9.92. The van der Waals surface area contributed by atoms with Gasteiger partial charge >= 0.3 is 0 Å². The fourth-order valence-electron chi connectivity index (χ4n) is 2.07. The lowest BCUT2D eigenvalue weighted by Gasteiger charge is -2.23. The second kappa shape index (κ2) is 8.40. The number of primary amides is 1. The van der Waals surface area contributed by atoms with E-state index in [4.69, 9.17) is 11.5 Å². The monoisotopic (exact) mass is 291 g/mol. The zero-order valence-corrected chi connectivity index (χ0v) is 12.5. The molecule has 0 atom stereocenters. The van der Waals surface area contributed by atoms with E-state index in [1.54, 1.807) is 12.1 Å². The van der Waals surface area contributed by atoms with E-state index in [-0.39, 0.29) is 18.9 Å². The summed E-state index contributed by atoms with van der Waals surface area (Å²) in [7, 11) is 0. The highest BCUT2D eigenvalue weighted by Gasteiger charge is 2.13. The van der Waals surface area contributed by atoms with Crippen LogP contribution in [0.2, 0.25) is 0 Å². The summed E-state index contributed by atoms with van der Waals surface area (Å²) in [4.78, 5) is 12.9. The Kier molecular flexibility index (Phi) is 6.86. The Hall–Kier alpha value is -1.90. The van der Waals surface area contributed by atoms with E-state index in [1.807, 2.05) is 18.7 Å². The minimum absolute atomic E-state index is 0.117. The number of hydrogen-bond donors (Lipinski definition) is 2. The van der Waals surface area contributed by atoms with E-state index >= 15 is 0 Å². The lowest BCUT2D eigenvalue weighted by molar-refractivity contribution is -0.119. The van der Waals surface area contributed by atoms with Crippen LogP contribution in [0.4, 0.5) is 4.39 Å². The summed E-state index contributed by atoms with van der Waals surface area (Å²) in [6.45, 7) is 5.46. The van der Waals surface area contributed by atoms with Crippen molar-refractivity contribution in [1.29, 1.82) is 0 Å². The molecule has 0 spiro atoms. The van der Waals surface area contributed by atoms with Gasteiger partial charge in [-0.15, -0.1) is 0 Å². The highest BCUT2D eigenvalue weighted by Crippen LogP contribution is 2.13. The van der Waals surface area contributed by atoms with Gasteiger partial charge in [0.2, 0.25) is 5.91 Å². The van der Waals surface area contributed by atoms with Gasteiger partial charge < -0.3 is 11.5 Å². The molecule has 0 saturated heterocycles. The molecule has 0 fully saturated rings. The second-order valence-corrected chi connectivity index (χ2v) is 5.34. The number of hydrogen-bond acceptors (Lipinski definition) is 3. The van der Waals surface area contributed by atoms with Crippen molar-refractivity contribution in [3.05, 3.63) is 35.1 Å². The molecule has 0 radical (unpaired) electrons. The van der Waals surface area contributed by atoms with Gasteiger partial charge in [-0.1, -0.05) is 31.8 Å².